The number of carboxylic acid groups (broad SMARTS) is 1. The summed E-state index contributed by atoms with van der Waals surface area (Å²) in [5.41, 5.74) is 1.04. The predicted octanol–water partition coefficient (Wildman–Crippen LogP) is 1.92. The molecular formula is C11H12ClNO3. The summed E-state index contributed by atoms with van der Waals surface area (Å²) >= 11 is 5.77. The minimum atomic E-state index is -1.02. The fourth-order valence-electron chi connectivity index (χ4n) is 1.60. The highest BCUT2D eigenvalue weighted by atomic mass is 35.5. The Morgan fingerprint density at radius 3 is 2.69 bits per heavy atom. The minimum Gasteiger partial charge on any atom is -0.465 e. The van der Waals surface area contributed by atoms with E-state index in [2.05, 4.69) is 5.32 Å². The average Bonchev–Trinajstić information content (AvgIpc) is 3.03. The molecule has 0 spiro atoms. The normalized spacial score (nSPS) is 20.2. The Balaban J connectivity index is 1.99. The number of ether oxygens (including phenoxy) is 1. The van der Waals surface area contributed by atoms with Crippen molar-refractivity contribution in [3.63, 3.8) is 0 Å². The fraction of sp³-hybridized carbons (Fsp3) is 0.364. The molecule has 0 aromatic heterocycles. The summed E-state index contributed by atoms with van der Waals surface area (Å²) in [4.78, 5) is 10.6. The Kier molecular flexibility index (Phi) is 3.31. The first-order valence-electron chi connectivity index (χ1n) is 5.00. The summed E-state index contributed by atoms with van der Waals surface area (Å²) in [6, 6.07) is 7.19. The highest BCUT2D eigenvalue weighted by Gasteiger charge is 2.33. The van der Waals surface area contributed by atoms with Crippen molar-refractivity contribution in [2.75, 3.05) is 6.61 Å². The van der Waals surface area contributed by atoms with Crippen molar-refractivity contribution in [3.8, 4) is 0 Å². The van der Waals surface area contributed by atoms with Gasteiger partial charge in [-0.05, 0) is 24.1 Å². The molecule has 1 saturated heterocycles. The third-order valence-corrected chi connectivity index (χ3v) is 2.74. The number of benzene rings is 1. The van der Waals surface area contributed by atoms with Crippen molar-refractivity contribution in [1.82, 2.24) is 5.32 Å². The van der Waals surface area contributed by atoms with Crippen LogP contribution < -0.4 is 5.32 Å². The molecule has 5 heteroatoms. The van der Waals surface area contributed by atoms with Gasteiger partial charge in [0, 0.05) is 5.02 Å². The maximum Gasteiger partial charge on any atom is 0.404 e. The smallest absolute Gasteiger partial charge is 0.404 e. The van der Waals surface area contributed by atoms with Gasteiger partial charge in [-0.2, -0.15) is 0 Å². The first kappa shape index (κ1) is 11.2. The van der Waals surface area contributed by atoms with Gasteiger partial charge in [0.05, 0.1) is 12.6 Å². The second kappa shape index (κ2) is 4.72. The van der Waals surface area contributed by atoms with Crippen molar-refractivity contribution in [3.05, 3.63) is 34.9 Å². The third-order valence-electron chi connectivity index (χ3n) is 2.49. The lowest BCUT2D eigenvalue weighted by Crippen LogP contribution is -2.39. The van der Waals surface area contributed by atoms with Crippen LogP contribution in [0.2, 0.25) is 5.02 Å². The highest BCUT2D eigenvalue weighted by molar-refractivity contribution is 6.30. The second-order valence-corrected chi connectivity index (χ2v) is 4.19. The number of carbonyl (C=O) groups is 1. The molecule has 2 N–H and O–H groups in total. The van der Waals surface area contributed by atoms with Gasteiger partial charge in [-0.15, -0.1) is 0 Å². The zero-order valence-corrected chi connectivity index (χ0v) is 9.28. The Labute approximate surface area is 98.2 Å². The topological polar surface area (TPSA) is 61.9 Å². The second-order valence-electron chi connectivity index (χ2n) is 3.76. The molecule has 0 bridgehead atoms. The standard InChI is InChI=1S/C11H12ClNO3/c12-8-3-1-7(2-4-8)5-9(10-6-16-10)13-11(14)15/h1-4,9-10,13H,5-6H2,(H,14,15)/t9-,10+/m0/s1. The van der Waals surface area contributed by atoms with Crippen molar-refractivity contribution >= 4 is 17.7 Å². The van der Waals surface area contributed by atoms with Gasteiger partial charge < -0.3 is 15.2 Å². The summed E-state index contributed by atoms with van der Waals surface area (Å²) in [5.74, 6) is 0. The van der Waals surface area contributed by atoms with Gasteiger partial charge in [-0.1, -0.05) is 23.7 Å². The molecule has 4 nitrogen and oxygen atoms in total. The highest BCUT2D eigenvalue weighted by Crippen LogP contribution is 2.19. The van der Waals surface area contributed by atoms with Gasteiger partial charge >= 0.3 is 6.09 Å². The third kappa shape index (κ3) is 3.12. The molecule has 1 aliphatic heterocycles. The summed E-state index contributed by atoms with van der Waals surface area (Å²) in [5, 5.41) is 11.8. The first-order valence-corrected chi connectivity index (χ1v) is 5.38. The Morgan fingerprint density at radius 1 is 1.56 bits per heavy atom. The monoisotopic (exact) mass is 241 g/mol. The molecule has 1 aliphatic rings. The van der Waals surface area contributed by atoms with Crippen LogP contribution in [-0.4, -0.2) is 30.0 Å². The Hall–Kier alpha value is -1.26. The molecule has 1 amide bonds. The number of hydrogen-bond donors (Lipinski definition) is 2. The van der Waals surface area contributed by atoms with Crippen LogP contribution in [-0.2, 0) is 11.2 Å². The molecule has 1 aromatic carbocycles. The van der Waals surface area contributed by atoms with Gasteiger partial charge in [-0.3, -0.25) is 0 Å². The summed E-state index contributed by atoms with van der Waals surface area (Å²) in [7, 11) is 0. The van der Waals surface area contributed by atoms with Crippen molar-refractivity contribution in [1.29, 1.82) is 0 Å². The number of halogens is 1. The first-order chi connectivity index (χ1) is 7.65. The number of amides is 1. The fourth-order valence-corrected chi connectivity index (χ4v) is 1.72. The summed E-state index contributed by atoms with van der Waals surface area (Å²) in [6.45, 7) is 0.624. The van der Waals surface area contributed by atoms with Crippen LogP contribution in [0.5, 0.6) is 0 Å². The lowest BCUT2D eigenvalue weighted by molar-refractivity contribution is 0.186. The van der Waals surface area contributed by atoms with Crippen LogP contribution in [0, 0.1) is 0 Å². The molecule has 0 saturated carbocycles. The molecular weight excluding hydrogens is 230 g/mol. The van der Waals surface area contributed by atoms with Crippen molar-refractivity contribution < 1.29 is 14.6 Å². The lowest BCUT2D eigenvalue weighted by Gasteiger charge is -2.14. The number of nitrogens with one attached hydrogen (secondary N) is 1. The largest absolute Gasteiger partial charge is 0.465 e. The van der Waals surface area contributed by atoms with Gasteiger partial charge in [0.15, 0.2) is 0 Å². The van der Waals surface area contributed by atoms with Crippen molar-refractivity contribution in [2.45, 2.75) is 18.6 Å². The quantitative estimate of drug-likeness (QED) is 0.792. The average molecular weight is 242 g/mol. The van der Waals surface area contributed by atoms with Crippen LogP contribution in [0.1, 0.15) is 5.56 Å². The molecule has 16 heavy (non-hydrogen) atoms. The SMILES string of the molecule is O=C(O)N[C@@H](Cc1ccc(Cl)cc1)[C@H]1CO1. The maximum absolute atomic E-state index is 10.6. The van der Waals surface area contributed by atoms with E-state index in [1.807, 2.05) is 12.1 Å². The van der Waals surface area contributed by atoms with E-state index < -0.39 is 6.09 Å². The van der Waals surface area contributed by atoms with Crippen LogP contribution >= 0.6 is 11.6 Å². The van der Waals surface area contributed by atoms with Crippen LogP contribution in [0.15, 0.2) is 24.3 Å². The molecule has 0 aliphatic carbocycles. The van der Waals surface area contributed by atoms with E-state index in [1.54, 1.807) is 12.1 Å². The van der Waals surface area contributed by atoms with Gasteiger partial charge in [0.1, 0.15) is 6.10 Å². The number of epoxide rings is 1. The minimum absolute atomic E-state index is 0.00628. The van der Waals surface area contributed by atoms with Gasteiger partial charge in [-0.25, -0.2) is 4.79 Å². The molecule has 1 aromatic rings. The molecule has 2 atom stereocenters. The van der Waals surface area contributed by atoms with Crippen LogP contribution in [0.25, 0.3) is 0 Å². The van der Waals surface area contributed by atoms with Crippen molar-refractivity contribution in [2.24, 2.45) is 0 Å². The van der Waals surface area contributed by atoms with Gasteiger partial charge in [0.2, 0.25) is 0 Å². The van der Waals surface area contributed by atoms with E-state index in [0.717, 1.165) is 5.56 Å². The van der Waals surface area contributed by atoms with E-state index in [0.29, 0.717) is 18.1 Å². The Morgan fingerprint density at radius 2 is 2.19 bits per heavy atom. The molecule has 2 rings (SSSR count). The zero-order chi connectivity index (χ0) is 11.5. The van der Waals surface area contributed by atoms with E-state index >= 15 is 0 Å². The van der Waals surface area contributed by atoms with Crippen LogP contribution in [0.3, 0.4) is 0 Å². The number of hydrogen-bond acceptors (Lipinski definition) is 2. The van der Waals surface area contributed by atoms with E-state index in [4.69, 9.17) is 21.4 Å². The van der Waals surface area contributed by atoms with E-state index in [-0.39, 0.29) is 12.1 Å². The molecule has 1 heterocycles. The van der Waals surface area contributed by atoms with Gasteiger partial charge in [0.25, 0.3) is 0 Å². The number of rotatable bonds is 4. The molecule has 0 radical (unpaired) electrons. The molecule has 86 valence electrons. The lowest BCUT2D eigenvalue weighted by atomic mass is 10.0. The van der Waals surface area contributed by atoms with E-state index in [9.17, 15) is 4.79 Å². The molecule has 1 fully saturated rings. The zero-order valence-electron chi connectivity index (χ0n) is 8.52. The maximum atomic E-state index is 10.6. The Bertz CT molecular complexity index is 375. The predicted molar refractivity (Wildman–Crippen MR) is 59.8 cm³/mol. The summed E-state index contributed by atoms with van der Waals surface area (Å²) < 4.78 is 5.12. The van der Waals surface area contributed by atoms with E-state index in [1.165, 1.54) is 0 Å². The van der Waals surface area contributed by atoms with Crippen LogP contribution in [0.4, 0.5) is 4.79 Å². The summed E-state index contributed by atoms with van der Waals surface area (Å²) in [6.07, 6.45) is -0.394. The molecule has 0 unspecified atom stereocenters.